The molecule has 6 heteroatoms. The minimum absolute atomic E-state index is 0.0819. The molecule has 0 atom stereocenters. The molecule has 84 valence electrons. The molecule has 0 unspecified atom stereocenters. The van der Waals surface area contributed by atoms with Gasteiger partial charge in [0.1, 0.15) is 11.4 Å². The van der Waals surface area contributed by atoms with E-state index in [1.807, 2.05) is 6.92 Å². The Morgan fingerprint density at radius 2 is 2.25 bits per heavy atom. The van der Waals surface area contributed by atoms with Crippen molar-refractivity contribution in [1.82, 2.24) is 19.7 Å². The van der Waals surface area contributed by atoms with Gasteiger partial charge in [-0.15, -0.1) is 0 Å². The smallest absolute Gasteiger partial charge is 0.126 e. The fourth-order valence-electron chi connectivity index (χ4n) is 1.42. The van der Waals surface area contributed by atoms with Gasteiger partial charge in [-0.25, -0.2) is 0 Å². The van der Waals surface area contributed by atoms with Gasteiger partial charge in [0.05, 0.1) is 22.9 Å². The fraction of sp³-hybridized carbons (Fsp3) is 0.300. The summed E-state index contributed by atoms with van der Waals surface area (Å²) in [4.78, 5) is 8.24. The van der Waals surface area contributed by atoms with Gasteiger partial charge in [0, 0.05) is 18.1 Å². The van der Waals surface area contributed by atoms with Crippen LogP contribution in [-0.4, -0.2) is 31.5 Å². The third-order valence-electron chi connectivity index (χ3n) is 2.25. The molecule has 0 saturated carbocycles. The van der Waals surface area contributed by atoms with Gasteiger partial charge in [-0.1, -0.05) is 0 Å². The molecule has 16 heavy (non-hydrogen) atoms. The first-order valence-electron chi connectivity index (χ1n) is 4.84. The highest BCUT2D eigenvalue weighted by Crippen LogP contribution is 2.24. The van der Waals surface area contributed by atoms with Crippen molar-refractivity contribution in [3.8, 4) is 11.4 Å². The number of halogens is 1. The molecule has 0 aliphatic carbocycles. The molecule has 1 N–H and O–H groups in total. The maximum atomic E-state index is 8.92. The van der Waals surface area contributed by atoms with E-state index >= 15 is 0 Å². The number of aromatic nitrogens is 4. The highest BCUT2D eigenvalue weighted by Gasteiger charge is 2.14. The molecule has 0 amide bonds. The quantitative estimate of drug-likeness (QED) is 0.861. The second kappa shape index (κ2) is 4.88. The average Bonchev–Trinajstić information content (AvgIpc) is 2.59. The zero-order valence-corrected chi connectivity index (χ0v) is 10.9. The van der Waals surface area contributed by atoms with Gasteiger partial charge in [0.25, 0.3) is 0 Å². The Morgan fingerprint density at radius 3 is 2.88 bits per heavy atom. The Labute approximate surface area is 107 Å². The van der Waals surface area contributed by atoms with Crippen molar-refractivity contribution in [2.75, 3.05) is 6.61 Å². The first-order chi connectivity index (χ1) is 7.74. The first kappa shape index (κ1) is 11.5. The normalized spacial score (nSPS) is 10.7. The molecule has 2 aromatic rings. The zero-order valence-electron chi connectivity index (χ0n) is 8.76. The summed E-state index contributed by atoms with van der Waals surface area (Å²) < 4.78 is 2.83. The van der Waals surface area contributed by atoms with Gasteiger partial charge < -0.3 is 5.11 Å². The Morgan fingerprint density at radius 1 is 1.44 bits per heavy atom. The summed E-state index contributed by atoms with van der Waals surface area (Å²) in [6.07, 6.45) is 4.97. The summed E-state index contributed by atoms with van der Waals surface area (Å²) in [6.45, 7) is 2.56. The van der Waals surface area contributed by atoms with E-state index in [0.717, 1.165) is 20.7 Å². The van der Waals surface area contributed by atoms with Gasteiger partial charge in [-0.3, -0.25) is 14.6 Å². The van der Waals surface area contributed by atoms with Crippen LogP contribution in [-0.2, 0) is 6.54 Å². The molecule has 0 aromatic carbocycles. The second-order valence-electron chi connectivity index (χ2n) is 3.29. The SMILES string of the molecule is Cc1c(I)c(-c2cnccn2)nn1CCO. The summed E-state index contributed by atoms with van der Waals surface area (Å²) in [6, 6.07) is 0. The number of hydrogen-bond donors (Lipinski definition) is 1. The first-order valence-corrected chi connectivity index (χ1v) is 5.92. The molecule has 0 radical (unpaired) electrons. The molecule has 2 aromatic heterocycles. The Balaban J connectivity index is 2.46. The van der Waals surface area contributed by atoms with Crippen LogP contribution in [0.15, 0.2) is 18.6 Å². The minimum Gasteiger partial charge on any atom is -0.394 e. The van der Waals surface area contributed by atoms with Crippen LogP contribution >= 0.6 is 22.6 Å². The van der Waals surface area contributed by atoms with Gasteiger partial charge in [-0.05, 0) is 29.5 Å². The molecule has 0 bridgehead atoms. The summed E-state index contributed by atoms with van der Waals surface area (Å²) in [5, 5.41) is 13.3. The lowest BCUT2D eigenvalue weighted by atomic mass is 10.3. The van der Waals surface area contributed by atoms with Crippen molar-refractivity contribution in [1.29, 1.82) is 0 Å². The van der Waals surface area contributed by atoms with Gasteiger partial charge in [-0.2, -0.15) is 5.10 Å². The van der Waals surface area contributed by atoms with Gasteiger partial charge >= 0.3 is 0 Å². The van der Waals surface area contributed by atoms with Crippen LogP contribution in [0.3, 0.4) is 0 Å². The molecule has 0 saturated heterocycles. The van der Waals surface area contributed by atoms with E-state index in [-0.39, 0.29) is 6.61 Å². The molecule has 0 aliphatic rings. The summed E-state index contributed by atoms with van der Waals surface area (Å²) >= 11 is 2.24. The zero-order chi connectivity index (χ0) is 11.5. The number of hydrogen-bond acceptors (Lipinski definition) is 4. The van der Waals surface area contributed by atoms with E-state index in [4.69, 9.17) is 5.11 Å². The standard InChI is InChI=1S/C10H11IN4O/c1-7-9(11)10(14-15(7)4-5-16)8-6-12-2-3-13-8/h2-3,6,16H,4-5H2,1H3. The molecular formula is C10H11IN4O. The van der Waals surface area contributed by atoms with Gasteiger partial charge in [0.2, 0.25) is 0 Å². The average molecular weight is 330 g/mol. The lowest BCUT2D eigenvalue weighted by Gasteiger charge is -1.99. The number of rotatable bonds is 3. The van der Waals surface area contributed by atoms with Crippen LogP contribution in [0.25, 0.3) is 11.4 Å². The molecule has 5 nitrogen and oxygen atoms in total. The molecule has 0 aliphatic heterocycles. The largest absolute Gasteiger partial charge is 0.394 e. The van der Waals surface area contributed by atoms with E-state index in [9.17, 15) is 0 Å². The highest BCUT2D eigenvalue weighted by atomic mass is 127. The Hall–Kier alpha value is -1.02. The Bertz CT molecular complexity index is 483. The highest BCUT2D eigenvalue weighted by molar-refractivity contribution is 14.1. The summed E-state index contributed by atoms with van der Waals surface area (Å²) in [5.41, 5.74) is 2.61. The lowest BCUT2D eigenvalue weighted by molar-refractivity contribution is 0.268. The monoisotopic (exact) mass is 330 g/mol. The summed E-state index contributed by atoms with van der Waals surface area (Å²) in [5.74, 6) is 0. The van der Waals surface area contributed by atoms with Crippen LogP contribution in [0.5, 0.6) is 0 Å². The van der Waals surface area contributed by atoms with Crippen molar-refractivity contribution in [2.45, 2.75) is 13.5 Å². The molecule has 2 rings (SSSR count). The van der Waals surface area contributed by atoms with Crippen LogP contribution in [0.4, 0.5) is 0 Å². The van der Waals surface area contributed by atoms with Crippen LogP contribution < -0.4 is 0 Å². The van der Waals surface area contributed by atoms with Crippen molar-refractivity contribution in [3.05, 3.63) is 27.9 Å². The van der Waals surface area contributed by atoms with Crippen molar-refractivity contribution in [3.63, 3.8) is 0 Å². The van der Waals surface area contributed by atoms with E-state index in [1.54, 1.807) is 23.3 Å². The Kier molecular flexibility index (Phi) is 3.49. The maximum absolute atomic E-state index is 8.92. The van der Waals surface area contributed by atoms with E-state index in [2.05, 4.69) is 37.7 Å². The van der Waals surface area contributed by atoms with Gasteiger partial charge in [0.15, 0.2) is 0 Å². The van der Waals surface area contributed by atoms with E-state index < -0.39 is 0 Å². The molecule has 2 heterocycles. The topological polar surface area (TPSA) is 63.8 Å². The fourth-order valence-corrected chi connectivity index (χ4v) is 2.08. The minimum atomic E-state index is 0.0819. The predicted octanol–water partition coefficient (Wildman–Crippen LogP) is 1.25. The van der Waals surface area contributed by atoms with Crippen LogP contribution in [0.1, 0.15) is 5.69 Å². The van der Waals surface area contributed by atoms with E-state index in [0.29, 0.717) is 6.54 Å². The van der Waals surface area contributed by atoms with Crippen molar-refractivity contribution >= 4 is 22.6 Å². The van der Waals surface area contributed by atoms with Crippen molar-refractivity contribution in [2.24, 2.45) is 0 Å². The predicted molar refractivity (Wildman–Crippen MR) is 67.8 cm³/mol. The maximum Gasteiger partial charge on any atom is 0.126 e. The van der Waals surface area contributed by atoms with Crippen LogP contribution in [0.2, 0.25) is 0 Å². The number of aliphatic hydroxyl groups is 1. The number of aliphatic hydroxyl groups excluding tert-OH is 1. The van der Waals surface area contributed by atoms with E-state index in [1.165, 1.54) is 0 Å². The third kappa shape index (κ3) is 2.07. The second-order valence-corrected chi connectivity index (χ2v) is 4.36. The third-order valence-corrected chi connectivity index (χ3v) is 3.54. The number of nitrogens with zero attached hydrogens (tertiary/aromatic N) is 4. The molecular weight excluding hydrogens is 319 g/mol. The molecule has 0 spiro atoms. The van der Waals surface area contributed by atoms with Crippen LogP contribution in [0, 0.1) is 10.5 Å². The summed E-state index contributed by atoms with van der Waals surface area (Å²) in [7, 11) is 0. The lowest BCUT2D eigenvalue weighted by Crippen LogP contribution is -2.05. The molecule has 0 fully saturated rings. The van der Waals surface area contributed by atoms with Crippen molar-refractivity contribution < 1.29 is 5.11 Å².